The molecular weight excluding hydrogens is 520 g/mol. The highest BCUT2D eigenvalue weighted by Crippen LogP contribution is 2.19. The van der Waals surface area contributed by atoms with Crippen molar-refractivity contribution in [3.05, 3.63) is 36.0 Å². The Bertz CT molecular complexity index is 1200. The maximum Gasteiger partial charge on any atom is 0.326 e. The van der Waals surface area contributed by atoms with Gasteiger partial charge in [-0.3, -0.25) is 24.0 Å². The molecular formula is C23H30N6O8S. The number of fused-ring (bicyclic) bond motifs is 1. The summed E-state index contributed by atoms with van der Waals surface area (Å²) in [6.45, 7) is 0. The minimum absolute atomic E-state index is 0.00661. The molecule has 206 valence electrons. The van der Waals surface area contributed by atoms with Gasteiger partial charge in [-0.1, -0.05) is 18.2 Å². The van der Waals surface area contributed by atoms with E-state index in [1.165, 1.54) is 0 Å². The number of nitrogens with two attached hydrogens (primary N) is 2. The Morgan fingerprint density at radius 1 is 0.921 bits per heavy atom. The van der Waals surface area contributed by atoms with Crippen molar-refractivity contribution in [2.75, 3.05) is 5.75 Å². The Hall–Kier alpha value is -4.11. The van der Waals surface area contributed by atoms with E-state index in [2.05, 4.69) is 33.6 Å². The Kier molecular flexibility index (Phi) is 11.1. The van der Waals surface area contributed by atoms with Crippen molar-refractivity contribution >= 4 is 59.1 Å². The molecule has 2 aromatic rings. The topological polar surface area (TPSA) is 247 Å². The highest BCUT2D eigenvalue weighted by Gasteiger charge is 2.31. The zero-order valence-corrected chi connectivity index (χ0v) is 21.1. The van der Waals surface area contributed by atoms with E-state index in [-0.39, 0.29) is 12.2 Å². The van der Waals surface area contributed by atoms with Gasteiger partial charge in [-0.2, -0.15) is 12.6 Å². The number of H-pyrrole nitrogens is 1. The predicted molar refractivity (Wildman–Crippen MR) is 138 cm³/mol. The van der Waals surface area contributed by atoms with Crippen LogP contribution in [0.1, 0.15) is 24.8 Å². The van der Waals surface area contributed by atoms with Gasteiger partial charge >= 0.3 is 11.9 Å². The van der Waals surface area contributed by atoms with Gasteiger partial charge in [0.05, 0.1) is 12.5 Å². The van der Waals surface area contributed by atoms with Gasteiger partial charge in [0.25, 0.3) is 0 Å². The van der Waals surface area contributed by atoms with Gasteiger partial charge in [0, 0.05) is 35.7 Å². The Balaban J connectivity index is 2.30. The standard InChI is InChI=1S/C23H30N6O8S/c24-13(10-38)20(33)28-16(7-11-9-26-14-4-2-1-3-12(11)14)22(35)27-15(5-6-19(31)32)21(34)29-17(23(36)37)8-18(25)30/h1-4,9,13,15-17,26,38H,5-8,10,24H2,(H2,25,30)(H,27,35)(H,28,33)(H,29,34)(H,31,32)(H,36,37). The van der Waals surface area contributed by atoms with Gasteiger partial charge in [0.15, 0.2) is 0 Å². The van der Waals surface area contributed by atoms with Crippen LogP contribution in [0.15, 0.2) is 30.5 Å². The van der Waals surface area contributed by atoms with Gasteiger partial charge in [-0.25, -0.2) is 4.79 Å². The number of primary amides is 1. The maximum atomic E-state index is 13.3. The van der Waals surface area contributed by atoms with Crippen molar-refractivity contribution in [2.45, 2.75) is 49.9 Å². The molecule has 0 radical (unpaired) electrons. The Morgan fingerprint density at radius 2 is 1.53 bits per heavy atom. The van der Waals surface area contributed by atoms with Crippen molar-refractivity contribution in [2.24, 2.45) is 11.5 Å². The van der Waals surface area contributed by atoms with Crippen LogP contribution in [-0.4, -0.2) is 80.7 Å². The molecule has 4 unspecified atom stereocenters. The second-order valence-corrected chi connectivity index (χ2v) is 8.84. The zero-order valence-electron chi connectivity index (χ0n) is 20.2. The van der Waals surface area contributed by atoms with Crippen molar-refractivity contribution in [3.8, 4) is 0 Å². The van der Waals surface area contributed by atoms with E-state index in [4.69, 9.17) is 16.6 Å². The number of amides is 4. The molecule has 15 heteroatoms. The Morgan fingerprint density at radius 3 is 2.13 bits per heavy atom. The monoisotopic (exact) mass is 550 g/mol. The second kappa shape index (κ2) is 14.0. The summed E-state index contributed by atoms with van der Waals surface area (Å²) in [7, 11) is 0. The lowest BCUT2D eigenvalue weighted by atomic mass is 10.0. The molecule has 0 aliphatic rings. The third-order valence-corrected chi connectivity index (χ3v) is 5.96. The molecule has 1 aromatic carbocycles. The summed E-state index contributed by atoms with van der Waals surface area (Å²) in [6.07, 6.45) is -0.0314. The highest BCUT2D eigenvalue weighted by atomic mass is 32.1. The number of aliphatic carboxylic acids is 2. The number of aromatic nitrogens is 1. The van der Waals surface area contributed by atoms with Crippen LogP contribution >= 0.6 is 12.6 Å². The number of carboxylic acids is 2. The lowest BCUT2D eigenvalue weighted by Gasteiger charge is -2.24. The highest BCUT2D eigenvalue weighted by molar-refractivity contribution is 7.80. The molecule has 0 saturated heterocycles. The number of rotatable bonds is 15. The molecule has 0 fully saturated rings. The third-order valence-electron chi connectivity index (χ3n) is 5.57. The van der Waals surface area contributed by atoms with E-state index in [0.717, 1.165) is 10.9 Å². The van der Waals surface area contributed by atoms with E-state index >= 15 is 0 Å². The molecule has 10 N–H and O–H groups in total. The molecule has 4 amide bonds. The summed E-state index contributed by atoms with van der Waals surface area (Å²) in [6, 6.07) is 1.76. The smallest absolute Gasteiger partial charge is 0.326 e. The van der Waals surface area contributed by atoms with Gasteiger partial charge in [0.2, 0.25) is 23.6 Å². The summed E-state index contributed by atoms with van der Waals surface area (Å²) in [5, 5.41) is 26.1. The number of nitrogens with one attached hydrogen (secondary N) is 4. The maximum absolute atomic E-state index is 13.3. The minimum atomic E-state index is -1.70. The van der Waals surface area contributed by atoms with E-state index in [0.29, 0.717) is 5.56 Å². The molecule has 0 aliphatic heterocycles. The minimum Gasteiger partial charge on any atom is -0.481 e. The number of para-hydroxylation sites is 1. The molecule has 0 saturated carbocycles. The first kappa shape index (κ1) is 30.1. The lowest BCUT2D eigenvalue weighted by molar-refractivity contribution is -0.144. The molecule has 0 aliphatic carbocycles. The third kappa shape index (κ3) is 8.77. The largest absolute Gasteiger partial charge is 0.481 e. The molecule has 2 rings (SSSR count). The van der Waals surface area contributed by atoms with E-state index in [9.17, 15) is 33.9 Å². The van der Waals surface area contributed by atoms with E-state index in [1.807, 2.05) is 18.2 Å². The number of aromatic amines is 1. The number of carbonyl (C=O) groups excluding carboxylic acids is 4. The number of carboxylic acid groups (broad SMARTS) is 2. The van der Waals surface area contributed by atoms with Crippen LogP contribution in [0.25, 0.3) is 10.9 Å². The first-order valence-corrected chi connectivity index (χ1v) is 12.1. The van der Waals surface area contributed by atoms with Gasteiger partial charge in [0.1, 0.15) is 18.1 Å². The summed E-state index contributed by atoms with van der Waals surface area (Å²) in [5.74, 6) is -6.39. The van der Waals surface area contributed by atoms with Crippen LogP contribution in [-0.2, 0) is 35.2 Å². The van der Waals surface area contributed by atoms with Crippen molar-refractivity contribution in [1.82, 2.24) is 20.9 Å². The SMILES string of the molecule is NC(=O)CC(NC(=O)C(CCC(=O)O)NC(=O)C(Cc1c[nH]c2ccccc12)NC(=O)C(N)CS)C(=O)O. The summed E-state index contributed by atoms with van der Waals surface area (Å²) >= 11 is 3.99. The lowest BCUT2D eigenvalue weighted by Crippen LogP contribution is -2.58. The number of carbonyl (C=O) groups is 6. The van der Waals surface area contributed by atoms with Crippen LogP contribution in [0, 0.1) is 0 Å². The number of thiol groups is 1. The van der Waals surface area contributed by atoms with E-state index < -0.39 is 79.0 Å². The molecule has 1 heterocycles. The van der Waals surface area contributed by atoms with Crippen molar-refractivity contribution in [1.29, 1.82) is 0 Å². The molecule has 0 bridgehead atoms. The summed E-state index contributed by atoms with van der Waals surface area (Å²) in [4.78, 5) is 75.4. The quantitative estimate of drug-likeness (QED) is 0.114. The second-order valence-electron chi connectivity index (χ2n) is 8.48. The summed E-state index contributed by atoms with van der Waals surface area (Å²) in [5.41, 5.74) is 12.2. The van der Waals surface area contributed by atoms with Gasteiger partial charge in [-0.05, 0) is 18.1 Å². The molecule has 0 spiro atoms. The van der Waals surface area contributed by atoms with Crippen LogP contribution in [0.4, 0.5) is 0 Å². The van der Waals surface area contributed by atoms with Crippen LogP contribution in [0.2, 0.25) is 0 Å². The normalized spacial score (nSPS) is 14.1. The Labute approximate surface area is 222 Å². The van der Waals surface area contributed by atoms with Gasteiger partial charge < -0.3 is 42.6 Å². The van der Waals surface area contributed by atoms with Crippen molar-refractivity contribution < 1.29 is 39.0 Å². The first-order chi connectivity index (χ1) is 17.9. The summed E-state index contributed by atoms with van der Waals surface area (Å²) < 4.78 is 0. The fraction of sp³-hybridized carbons (Fsp3) is 0.391. The molecule has 38 heavy (non-hydrogen) atoms. The molecule has 4 atom stereocenters. The fourth-order valence-electron chi connectivity index (χ4n) is 3.57. The average molecular weight is 551 g/mol. The van der Waals surface area contributed by atoms with E-state index in [1.54, 1.807) is 12.3 Å². The van der Waals surface area contributed by atoms with Crippen LogP contribution in [0.5, 0.6) is 0 Å². The van der Waals surface area contributed by atoms with Crippen molar-refractivity contribution in [3.63, 3.8) is 0 Å². The number of benzene rings is 1. The number of hydrogen-bond acceptors (Lipinski definition) is 8. The van der Waals surface area contributed by atoms with Crippen LogP contribution in [0.3, 0.4) is 0 Å². The average Bonchev–Trinajstić information content (AvgIpc) is 3.27. The number of hydrogen-bond donors (Lipinski definition) is 9. The zero-order chi connectivity index (χ0) is 28.4. The van der Waals surface area contributed by atoms with Crippen LogP contribution < -0.4 is 27.4 Å². The molecule has 14 nitrogen and oxygen atoms in total. The predicted octanol–water partition coefficient (Wildman–Crippen LogP) is -1.75. The fourth-order valence-corrected chi connectivity index (χ4v) is 3.74. The van der Waals surface area contributed by atoms with Gasteiger partial charge in [-0.15, -0.1) is 0 Å². The first-order valence-electron chi connectivity index (χ1n) is 11.5. The molecule has 1 aromatic heterocycles.